The van der Waals surface area contributed by atoms with E-state index in [-0.39, 0.29) is 0 Å². The van der Waals surface area contributed by atoms with Gasteiger partial charge in [-0.3, -0.25) is 0 Å². The molecule has 3 rings (SSSR count). The Hall–Kier alpha value is -1.32. The number of aromatic nitrogens is 2. The van der Waals surface area contributed by atoms with Crippen LogP contribution in [0.2, 0.25) is 5.02 Å². The van der Waals surface area contributed by atoms with Gasteiger partial charge in [-0.15, -0.1) is 0 Å². The molecule has 1 heterocycles. The molecule has 0 fully saturated rings. The summed E-state index contributed by atoms with van der Waals surface area (Å²) in [4.78, 5) is 0. The van der Waals surface area contributed by atoms with E-state index >= 15 is 0 Å². The molecule has 2 N–H and O–H groups in total. The van der Waals surface area contributed by atoms with Gasteiger partial charge in [-0.25, -0.2) is 4.68 Å². The van der Waals surface area contributed by atoms with Crippen molar-refractivity contribution >= 4 is 11.6 Å². The minimum Gasteiger partial charge on any atom is -0.330 e. The van der Waals surface area contributed by atoms with Gasteiger partial charge < -0.3 is 5.73 Å². The molecular weight excluding hydrogens is 258 g/mol. The first-order chi connectivity index (χ1) is 9.20. The topological polar surface area (TPSA) is 43.8 Å². The predicted octanol–water partition coefficient (Wildman–Crippen LogP) is 3.21. The molecule has 0 spiro atoms. The first-order valence-electron chi connectivity index (χ1n) is 6.75. The molecule has 1 unspecified atom stereocenters. The fraction of sp³-hybridized carbons (Fsp3) is 0.400. The molecule has 0 radical (unpaired) electrons. The van der Waals surface area contributed by atoms with Crippen LogP contribution in [0.4, 0.5) is 0 Å². The van der Waals surface area contributed by atoms with E-state index < -0.39 is 0 Å². The molecule has 100 valence electrons. The number of rotatable bonds is 2. The number of benzene rings is 1. The summed E-state index contributed by atoms with van der Waals surface area (Å²) in [6.45, 7) is 2.78. The monoisotopic (exact) mass is 275 g/mol. The predicted molar refractivity (Wildman–Crippen MR) is 78.0 cm³/mol. The van der Waals surface area contributed by atoms with Crippen molar-refractivity contribution in [3.8, 4) is 5.69 Å². The zero-order valence-corrected chi connectivity index (χ0v) is 11.8. The van der Waals surface area contributed by atoms with Gasteiger partial charge in [0.05, 0.1) is 11.4 Å². The van der Waals surface area contributed by atoms with Gasteiger partial charge in [0.2, 0.25) is 0 Å². The maximum Gasteiger partial charge on any atom is 0.0663 e. The molecule has 1 aliphatic rings. The molecule has 0 saturated heterocycles. The van der Waals surface area contributed by atoms with Gasteiger partial charge in [0.25, 0.3) is 0 Å². The molecular formula is C15H18ClN3. The fourth-order valence-electron chi connectivity index (χ4n) is 3.08. The highest BCUT2D eigenvalue weighted by Crippen LogP contribution is 2.34. The molecule has 3 nitrogen and oxygen atoms in total. The van der Waals surface area contributed by atoms with Crippen molar-refractivity contribution in [2.75, 3.05) is 6.54 Å². The van der Waals surface area contributed by atoms with Crippen LogP contribution >= 0.6 is 11.6 Å². The Morgan fingerprint density at radius 2 is 2.32 bits per heavy atom. The van der Waals surface area contributed by atoms with Crippen LogP contribution in [0.5, 0.6) is 0 Å². The Morgan fingerprint density at radius 1 is 1.47 bits per heavy atom. The van der Waals surface area contributed by atoms with Gasteiger partial charge in [-0.05, 0) is 56.8 Å². The fourth-order valence-corrected chi connectivity index (χ4v) is 3.26. The van der Waals surface area contributed by atoms with Gasteiger partial charge in [0.1, 0.15) is 0 Å². The van der Waals surface area contributed by atoms with Gasteiger partial charge >= 0.3 is 0 Å². The molecule has 0 aliphatic heterocycles. The van der Waals surface area contributed by atoms with Gasteiger partial charge in [-0.2, -0.15) is 5.10 Å². The van der Waals surface area contributed by atoms with E-state index in [1.54, 1.807) is 0 Å². The number of nitrogens with zero attached hydrogens (tertiary/aromatic N) is 2. The Labute approximate surface area is 118 Å². The molecule has 1 aliphatic carbocycles. The number of fused-ring (bicyclic) bond motifs is 1. The van der Waals surface area contributed by atoms with Gasteiger partial charge in [-0.1, -0.05) is 17.7 Å². The average molecular weight is 276 g/mol. The molecule has 0 saturated carbocycles. The second-order valence-corrected chi connectivity index (χ2v) is 5.60. The third-order valence-electron chi connectivity index (χ3n) is 3.92. The minimum absolute atomic E-state index is 0.455. The summed E-state index contributed by atoms with van der Waals surface area (Å²) in [5.41, 5.74) is 10.7. The second-order valence-electron chi connectivity index (χ2n) is 5.16. The zero-order chi connectivity index (χ0) is 13.4. The van der Waals surface area contributed by atoms with Crippen LogP contribution in [-0.4, -0.2) is 16.3 Å². The van der Waals surface area contributed by atoms with Crippen LogP contribution in [0.3, 0.4) is 0 Å². The lowest BCUT2D eigenvalue weighted by Gasteiger charge is -2.22. The summed E-state index contributed by atoms with van der Waals surface area (Å²) in [5.74, 6) is 0.455. The first-order valence-corrected chi connectivity index (χ1v) is 7.13. The lowest BCUT2D eigenvalue weighted by Crippen LogP contribution is -2.19. The van der Waals surface area contributed by atoms with Crippen LogP contribution in [0.25, 0.3) is 5.69 Å². The molecule has 19 heavy (non-hydrogen) atoms. The standard InChI is InChI=1S/C15H18ClN3/c1-10-15-11(9-17)4-2-7-14(15)19(18-10)13-6-3-5-12(16)8-13/h3,5-6,8,11H,2,4,7,9,17H2,1H3. The van der Waals surface area contributed by atoms with Crippen LogP contribution in [0.15, 0.2) is 24.3 Å². The normalized spacial score (nSPS) is 18.4. The number of halogens is 1. The first kappa shape index (κ1) is 12.7. The summed E-state index contributed by atoms with van der Waals surface area (Å²) in [6.07, 6.45) is 3.42. The van der Waals surface area contributed by atoms with Crippen molar-refractivity contribution in [3.05, 3.63) is 46.2 Å². The van der Waals surface area contributed by atoms with Crippen molar-refractivity contribution in [1.29, 1.82) is 0 Å². The summed E-state index contributed by atoms with van der Waals surface area (Å²) in [5, 5.41) is 5.45. The summed E-state index contributed by atoms with van der Waals surface area (Å²) in [6, 6.07) is 7.85. The number of aryl methyl sites for hydroxylation is 1. The van der Waals surface area contributed by atoms with Crippen molar-refractivity contribution in [2.24, 2.45) is 5.73 Å². The number of hydrogen-bond acceptors (Lipinski definition) is 2. The van der Waals surface area contributed by atoms with E-state index in [0.717, 1.165) is 22.8 Å². The van der Waals surface area contributed by atoms with Gasteiger partial charge in [0, 0.05) is 16.3 Å². The highest BCUT2D eigenvalue weighted by Gasteiger charge is 2.26. The van der Waals surface area contributed by atoms with E-state index in [1.807, 2.05) is 28.9 Å². The third-order valence-corrected chi connectivity index (χ3v) is 4.15. The van der Waals surface area contributed by atoms with Gasteiger partial charge in [0.15, 0.2) is 0 Å². The Bertz CT molecular complexity index is 603. The lowest BCUT2D eigenvalue weighted by molar-refractivity contribution is 0.548. The second kappa shape index (κ2) is 4.99. The van der Waals surface area contributed by atoms with E-state index in [4.69, 9.17) is 22.4 Å². The quantitative estimate of drug-likeness (QED) is 0.915. The number of hydrogen-bond donors (Lipinski definition) is 1. The summed E-state index contributed by atoms with van der Waals surface area (Å²) in [7, 11) is 0. The zero-order valence-electron chi connectivity index (χ0n) is 11.1. The Morgan fingerprint density at radius 3 is 3.05 bits per heavy atom. The summed E-state index contributed by atoms with van der Waals surface area (Å²) < 4.78 is 2.04. The smallest absolute Gasteiger partial charge is 0.0663 e. The molecule has 1 aromatic carbocycles. The van der Waals surface area contributed by atoms with Crippen molar-refractivity contribution < 1.29 is 0 Å². The average Bonchev–Trinajstić information content (AvgIpc) is 2.76. The van der Waals surface area contributed by atoms with E-state index in [2.05, 4.69) is 6.92 Å². The highest BCUT2D eigenvalue weighted by molar-refractivity contribution is 6.30. The number of nitrogens with two attached hydrogens (primary N) is 1. The maximum atomic E-state index is 6.08. The lowest BCUT2D eigenvalue weighted by atomic mass is 9.85. The van der Waals surface area contributed by atoms with E-state index in [9.17, 15) is 0 Å². The van der Waals surface area contributed by atoms with E-state index in [0.29, 0.717) is 12.5 Å². The molecule has 1 atom stereocenters. The molecule has 2 aromatic rings. The SMILES string of the molecule is Cc1nn(-c2cccc(Cl)c2)c2c1C(CN)CCC2. The van der Waals surface area contributed by atoms with Crippen LogP contribution in [-0.2, 0) is 6.42 Å². The molecule has 4 heteroatoms. The van der Waals surface area contributed by atoms with Crippen molar-refractivity contribution in [3.63, 3.8) is 0 Å². The van der Waals surface area contributed by atoms with Crippen molar-refractivity contribution in [1.82, 2.24) is 9.78 Å². The molecule has 0 bridgehead atoms. The minimum atomic E-state index is 0.455. The van der Waals surface area contributed by atoms with Crippen LogP contribution in [0, 0.1) is 6.92 Å². The van der Waals surface area contributed by atoms with Crippen molar-refractivity contribution in [2.45, 2.75) is 32.1 Å². The highest BCUT2D eigenvalue weighted by atomic mass is 35.5. The van der Waals surface area contributed by atoms with E-state index in [1.165, 1.54) is 24.1 Å². The molecule has 0 amide bonds. The summed E-state index contributed by atoms with van der Waals surface area (Å²) >= 11 is 6.08. The molecule has 1 aromatic heterocycles. The Balaban J connectivity index is 2.14. The maximum absolute atomic E-state index is 6.08. The van der Waals surface area contributed by atoms with Crippen LogP contribution in [0.1, 0.15) is 35.7 Å². The Kier molecular flexibility index (Phi) is 3.33. The third kappa shape index (κ3) is 2.17. The van der Waals surface area contributed by atoms with Crippen LogP contribution < -0.4 is 5.73 Å². The largest absolute Gasteiger partial charge is 0.330 e.